The van der Waals surface area contributed by atoms with Gasteiger partial charge >= 0.3 is 0 Å². The van der Waals surface area contributed by atoms with Crippen LogP contribution in [0.25, 0.3) is 11.2 Å². The predicted molar refractivity (Wildman–Crippen MR) is 102 cm³/mol. The van der Waals surface area contributed by atoms with E-state index in [1.54, 1.807) is 18.2 Å². The second-order valence-electron chi connectivity index (χ2n) is 6.36. The molecule has 1 saturated heterocycles. The van der Waals surface area contributed by atoms with E-state index in [0.29, 0.717) is 33.6 Å². The first-order valence-electron chi connectivity index (χ1n) is 8.47. The lowest BCUT2D eigenvalue weighted by Crippen LogP contribution is -2.33. The van der Waals surface area contributed by atoms with Crippen molar-refractivity contribution in [3.05, 3.63) is 46.5 Å². The highest BCUT2D eigenvalue weighted by atomic mass is 35.5. The number of aromatic nitrogens is 4. The SMILES string of the molecule is OC[C@H]1O[C@@H](n2cnc3c(NCc4cc(Cl)ccc4Cl)ncnc32)[C@H](O)[C@@H]1O. The number of anilines is 1. The van der Waals surface area contributed by atoms with Crippen LogP contribution < -0.4 is 5.32 Å². The third kappa shape index (κ3) is 3.41. The molecule has 11 heteroatoms. The van der Waals surface area contributed by atoms with Gasteiger partial charge in [-0.15, -0.1) is 0 Å². The average Bonchev–Trinajstić information content (AvgIpc) is 3.24. The maximum atomic E-state index is 10.2. The number of nitrogens with zero attached hydrogens (tertiary/aromatic N) is 4. The van der Waals surface area contributed by atoms with E-state index in [-0.39, 0.29) is 0 Å². The Kier molecular flexibility index (Phi) is 5.37. The topological polar surface area (TPSA) is 126 Å². The van der Waals surface area contributed by atoms with E-state index < -0.39 is 31.1 Å². The van der Waals surface area contributed by atoms with E-state index >= 15 is 0 Å². The Morgan fingerprint density at radius 3 is 2.71 bits per heavy atom. The first kappa shape index (κ1) is 19.3. The van der Waals surface area contributed by atoms with Gasteiger partial charge in [0.25, 0.3) is 0 Å². The van der Waals surface area contributed by atoms with Crippen LogP contribution in [-0.4, -0.2) is 59.8 Å². The minimum atomic E-state index is -1.23. The van der Waals surface area contributed by atoms with Crippen LogP contribution in [-0.2, 0) is 11.3 Å². The number of fused-ring (bicyclic) bond motifs is 1. The summed E-state index contributed by atoms with van der Waals surface area (Å²) in [6.07, 6.45) is -1.46. The smallest absolute Gasteiger partial charge is 0.167 e. The van der Waals surface area contributed by atoms with Gasteiger partial charge in [0.2, 0.25) is 0 Å². The summed E-state index contributed by atoms with van der Waals surface area (Å²) >= 11 is 12.2. The predicted octanol–water partition coefficient (Wildman–Crippen LogP) is 1.36. The highest BCUT2D eigenvalue weighted by molar-refractivity contribution is 6.33. The van der Waals surface area contributed by atoms with Crippen molar-refractivity contribution >= 4 is 40.2 Å². The maximum Gasteiger partial charge on any atom is 0.167 e. The van der Waals surface area contributed by atoms with Gasteiger partial charge in [0, 0.05) is 16.6 Å². The van der Waals surface area contributed by atoms with E-state index in [2.05, 4.69) is 20.3 Å². The average molecular weight is 426 g/mol. The number of hydrogen-bond donors (Lipinski definition) is 4. The molecule has 1 aliphatic heterocycles. The quantitative estimate of drug-likeness (QED) is 0.482. The molecule has 3 aromatic rings. The van der Waals surface area contributed by atoms with Crippen molar-refractivity contribution in [2.24, 2.45) is 0 Å². The van der Waals surface area contributed by atoms with Crippen molar-refractivity contribution in [3.8, 4) is 0 Å². The number of hydrogen-bond acceptors (Lipinski definition) is 8. The van der Waals surface area contributed by atoms with Crippen LogP contribution in [0.15, 0.2) is 30.9 Å². The molecular formula is C17H17Cl2N5O4. The van der Waals surface area contributed by atoms with Crippen molar-refractivity contribution in [1.29, 1.82) is 0 Å². The molecule has 3 heterocycles. The van der Waals surface area contributed by atoms with Crippen LogP contribution in [0.4, 0.5) is 5.82 Å². The van der Waals surface area contributed by atoms with Crippen molar-refractivity contribution in [2.75, 3.05) is 11.9 Å². The van der Waals surface area contributed by atoms with Crippen LogP contribution in [0.5, 0.6) is 0 Å². The molecule has 2 aromatic heterocycles. The fourth-order valence-corrected chi connectivity index (χ4v) is 3.51. The van der Waals surface area contributed by atoms with Gasteiger partial charge in [0.05, 0.1) is 12.9 Å². The summed E-state index contributed by atoms with van der Waals surface area (Å²) in [5, 5.41) is 33.8. The van der Waals surface area contributed by atoms with Gasteiger partial charge in [-0.3, -0.25) is 4.57 Å². The monoisotopic (exact) mass is 425 g/mol. The summed E-state index contributed by atoms with van der Waals surface area (Å²) in [6.45, 7) is -0.0459. The zero-order chi connectivity index (χ0) is 19.8. The van der Waals surface area contributed by atoms with Gasteiger partial charge in [-0.1, -0.05) is 23.2 Å². The normalized spacial score (nSPS) is 24.8. The van der Waals surface area contributed by atoms with Crippen LogP contribution in [0.2, 0.25) is 10.0 Å². The summed E-state index contributed by atoms with van der Waals surface area (Å²) in [4.78, 5) is 12.7. The minimum absolute atomic E-state index is 0.367. The third-order valence-electron chi connectivity index (χ3n) is 4.60. The Hall–Kier alpha value is -2.01. The standard InChI is InChI=1S/C17H17Cl2N5O4/c18-9-1-2-10(19)8(3-9)4-20-15-12-16(22-6-21-15)24(7-23-12)17-14(27)13(26)11(5-25)28-17/h1-3,6-7,11,13-14,17,25-27H,4-5H2,(H,20,21,22)/t11-,13-,14-,17-/m1/s1. The lowest BCUT2D eigenvalue weighted by molar-refractivity contribution is -0.0511. The molecule has 28 heavy (non-hydrogen) atoms. The zero-order valence-corrected chi connectivity index (χ0v) is 15.9. The number of aliphatic hydroxyl groups is 3. The summed E-state index contributed by atoms with van der Waals surface area (Å²) in [5.74, 6) is 0.464. The fraction of sp³-hybridized carbons (Fsp3) is 0.353. The molecule has 4 N–H and O–H groups in total. The molecule has 4 rings (SSSR count). The molecule has 9 nitrogen and oxygen atoms in total. The number of imidazole rings is 1. The summed E-state index contributed by atoms with van der Waals surface area (Å²) in [5.41, 5.74) is 1.66. The van der Waals surface area contributed by atoms with Gasteiger partial charge in [0.1, 0.15) is 24.6 Å². The minimum Gasteiger partial charge on any atom is -0.394 e. The molecule has 0 aliphatic carbocycles. The lowest BCUT2D eigenvalue weighted by Gasteiger charge is -2.16. The molecule has 0 unspecified atom stereocenters. The number of rotatable bonds is 5. The first-order valence-corrected chi connectivity index (χ1v) is 9.23. The van der Waals surface area contributed by atoms with Crippen molar-refractivity contribution < 1.29 is 20.1 Å². The Morgan fingerprint density at radius 2 is 1.96 bits per heavy atom. The number of benzene rings is 1. The molecule has 1 aromatic carbocycles. The highest BCUT2D eigenvalue weighted by Crippen LogP contribution is 2.32. The zero-order valence-electron chi connectivity index (χ0n) is 14.4. The van der Waals surface area contributed by atoms with Crippen LogP contribution >= 0.6 is 23.2 Å². The molecule has 4 atom stereocenters. The van der Waals surface area contributed by atoms with Gasteiger partial charge in [-0.2, -0.15) is 0 Å². The highest BCUT2D eigenvalue weighted by Gasteiger charge is 2.44. The number of aliphatic hydroxyl groups excluding tert-OH is 3. The second kappa shape index (κ2) is 7.78. The Balaban J connectivity index is 1.61. The van der Waals surface area contributed by atoms with E-state index in [9.17, 15) is 15.3 Å². The van der Waals surface area contributed by atoms with E-state index in [4.69, 9.17) is 27.9 Å². The Morgan fingerprint density at radius 1 is 1.14 bits per heavy atom. The van der Waals surface area contributed by atoms with Crippen LogP contribution in [0.3, 0.4) is 0 Å². The fourth-order valence-electron chi connectivity index (χ4n) is 3.14. The van der Waals surface area contributed by atoms with Crippen LogP contribution in [0.1, 0.15) is 11.8 Å². The molecule has 0 bridgehead atoms. The first-order chi connectivity index (χ1) is 13.5. The molecule has 1 aliphatic rings. The van der Waals surface area contributed by atoms with Crippen molar-refractivity contribution in [3.63, 3.8) is 0 Å². The molecule has 0 radical (unpaired) electrons. The molecule has 1 fully saturated rings. The van der Waals surface area contributed by atoms with E-state index in [1.165, 1.54) is 17.2 Å². The number of halogens is 2. The summed E-state index contributed by atoms with van der Waals surface area (Å²) in [7, 11) is 0. The van der Waals surface area contributed by atoms with Gasteiger partial charge in [0.15, 0.2) is 23.2 Å². The molecular weight excluding hydrogens is 409 g/mol. The van der Waals surface area contributed by atoms with E-state index in [0.717, 1.165) is 5.56 Å². The Bertz CT molecular complexity index is 1000. The third-order valence-corrected chi connectivity index (χ3v) is 5.21. The van der Waals surface area contributed by atoms with Gasteiger partial charge in [-0.25, -0.2) is 15.0 Å². The number of nitrogens with one attached hydrogen (secondary N) is 1. The second-order valence-corrected chi connectivity index (χ2v) is 7.21. The summed E-state index contributed by atoms with van der Waals surface area (Å²) in [6, 6.07) is 5.18. The Labute approximate surface area is 169 Å². The molecule has 148 valence electrons. The van der Waals surface area contributed by atoms with Gasteiger partial charge < -0.3 is 25.4 Å². The molecule has 0 spiro atoms. The largest absolute Gasteiger partial charge is 0.394 e. The van der Waals surface area contributed by atoms with Gasteiger partial charge in [-0.05, 0) is 23.8 Å². The summed E-state index contributed by atoms with van der Waals surface area (Å²) < 4.78 is 7.04. The number of ether oxygens (including phenoxy) is 1. The molecule has 0 saturated carbocycles. The van der Waals surface area contributed by atoms with Crippen LogP contribution in [0, 0.1) is 0 Å². The van der Waals surface area contributed by atoms with Crippen molar-refractivity contribution in [2.45, 2.75) is 31.1 Å². The van der Waals surface area contributed by atoms with E-state index in [1.807, 2.05) is 0 Å². The maximum absolute atomic E-state index is 10.2. The van der Waals surface area contributed by atoms with Crippen molar-refractivity contribution in [1.82, 2.24) is 19.5 Å². The molecule has 0 amide bonds. The lowest BCUT2D eigenvalue weighted by atomic mass is 10.1.